The molecule has 0 unspecified atom stereocenters. The van der Waals surface area contributed by atoms with E-state index in [9.17, 15) is 9.59 Å². The average Bonchev–Trinajstić information content (AvgIpc) is 2.48. The highest BCUT2D eigenvalue weighted by molar-refractivity contribution is 6.21. The van der Waals surface area contributed by atoms with Gasteiger partial charge < -0.3 is 4.84 Å². The highest BCUT2D eigenvalue weighted by atomic mass is 16.7. The van der Waals surface area contributed by atoms with Gasteiger partial charge in [-0.2, -0.15) is 0 Å². The Bertz CT molecular complexity index is 652. The molecule has 0 atom stereocenters. The lowest BCUT2D eigenvalue weighted by molar-refractivity contribution is -0.111. The van der Waals surface area contributed by atoms with E-state index < -0.39 is 5.97 Å². The molecular formula is C17H17NO3. The molecule has 0 N–H and O–H groups in total. The topological polar surface area (TPSA) is 55.7 Å². The third-order valence-electron chi connectivity index (χ3n) is 3.18. The number of carbonyl (C=O) groups is 2. The van der Waals surface area contributed by atoms with Gasteiger partial charge >= 0.3 is 5.97 Å². The van der Waals surface area contributed by atoms with Crippen LogP contribution < -0.4 is 0 Å². The molecule has 0 saturated carbocycles. The largest absolute Gasteiger partial charge is 0.365 e. The van der Waals surface area contributed by atoms with Crippen molar-refractivity contribution in [1.82, 2.24) is 0 Å². The molecule has 108 valence electrons. The Kier molecular flexibility index (Phi) is 4.48. The van der Waals surface area contributed by atoms with E-state index in [1.807, 2.05) is 19.9 Å². The van der Waals surface area contributed by atoms with Gasteiger partial charge in [0.1, 0.15) is 5.71 Å². The maximum atomic E-state index is 11.9. The van der Waals surface area contributed by atoms with E-state index in [0.717, 1.165) is 5.57 Å². The van der Waals surface area contributed by atoms with E-state index in [1.54, 1.807) is 43.3 Å². The van der Waals surface area contributed by atoms with E-state index in [4.69, 9.17) is 4.84 Å². The second kappa shape index (κ2) is 6.31. The van der Waals surface area contributed by atoms with Crippen molar-refractivity contribution in [1.29, 1.82) is 0 Å². The fourth-order valence-electron chi connectivity index (χ4n) is 1.95. The summed E-state index contributed by atoms with van der Waals surface area (Å²) in [7, 11) is 0. The molecule has 0 bridgehead atoms. The van der Waals surface area contributed by atoms with Crippen LogP contribution in [0.2, 0.25) is 0 Å². The number of benzene rings is 1. The third-order valence-corrected chi connectivity index (χ3v) is 3.18. The molecule has 0 spiro atoms. The van der Waals surface area contributed by atoms with E-state index in [-0.39, 0.29) is 11.7 Å². The lowest BCUT2D eigenvalue weighted by Gasteiger charge is -2.15. The minimum absolute atomic E-state index is 0.0352. The number of ketones is 1. The molecule has 1 aromatic rings. The van der Waals surface area contributed by atoms with Gasteiger partial charge in [-0.1, -0.05) is 37.2 Å². The Hall–Kier alpha value is -2.49. The van der Waals surface area contributed by atoms with Crippen molar-refractivity contribution in [3.05, 3.63) is 59.2 Å². The molecule has 1 aliphatic rings. The number of hydrogen-bond donors (Lipinski definition) is 0. The number of allylic oxidation sites excluding steroid dienone is 4. The summed E-state index contributed by atoms with van der Waals surface area (Å²) in [6, 6.07) is 8.65. The molecule has 1 aliphatic carbocycles. The summed E-state index contributed by atoms with van der Waals surface area (Å²) in [5.74, 6) is -0.436. The summed E-state index contributed by atoms with van der Waals surface area (Å²) < 4.78 is 0. The van der Waals surface area contributed by atoms with Crippen LogP contribution in [-0.2, 0) is 9.63 Å². The molecule has 0 radical (unpaired) electrons. The zero-order valence-electron chi connectivity index (χ0n) is 12.3. The zero-order valence-corrected chi connectivity index (χ0v) is 12.3. The van der Waals surface area contributed by atoms with Crippen molar-refractivity contribution in [2.24, 2.45) is 11.1 Å². The van der Waals surface area contributed by atoms with Crippen molar-refractivity contribution in [2.45, 2.75) is 20.8 Å². The van der Waals surface area contributed by atoms with Crippen molar-refractivity contribution in [3.63, 3.8) is 0 Å². The lowest BCUT2D eigenvalue weighted by atomic mass is 9.90. The van der Waals surface area contributed by atoms with Gasteiger partial charge in [0.25, 0.3) is 0 Å². The predicted octanol–water partition coefficient (Wildman–Crippen LogP) is 3.31. The maximum Gasteiger partial charge on any atom is 0.365 e. The molecule has 0 heterocycles. The number of rotatable bonds is 3. The fraction of sp³-hybridized carbons (Fsp3) is 0.235. The van der Waals surface area contributed by atoms with Crippen LogP contribution in [0.4, 0.5) is 0 Å². The normalized spacial score (nSPS) is 16.8. The lowest BCUT2D eigenvalue weighted by Crippen LogP contribution is -2.16. The Labute approximate surface area is 123 Å². The average molecular weight is 283 g/mol. The molecular weight excluding hydrogens is 266 g/mol. The quantitative estimate of drug-likeness (QED) is 0.486. The Morgan fingerprint density at radius 3 is 2.43 bits per heavy atom. The van der Waals surface area contributed by atoms with Crippen LogP contribution in [0.15, 0.2) is 58.8 Å². The van der Waals surface area contributed by atoms with Crippen LogP contribution in [0.1, 0.15) is 31.1 Å². The second-order valence-electron chi connectivity index (χ2n) is 5.17. The van der Waals surface area contributed by atoms with Gasteiger partial charge in [-0.25, -0.2) is 4.79 Å². The van der Waals surface area contributed by atoms with Gasteiger partial charge in [0, 0.05) is 0 Å². The maximum absolute atomic E-state index is 11.9. The minimum Gasteiger partial charge on any atom is -0.312 e. The summed E-state index contributed by atoms with van der Waals surface area (Å²) in [5, 5.41) is 3.92. The summed E-state index contributed by atoms with van der Waals surface area (Å²) in [5.41, 5.74) is 2.30. The minimum atomic E-state index is -0.519. The first-order valence-corrected chi connectivity index (χ1v) is 6.78. The Morgan fingerprint density at radius 2 is 1.81 bits per heavy atom. The zero-order chi connectivity index (χ0) is 15.4. The summed E-state index contributed by atoms with van der Waals surface area (Å²) in [6.45, 7) is 5.63. The van der Waals surface area contributed by atoms with Gasteiger partial charge in [0.15, 0.2) is 5.78 Å². The van der Waals surface area contributed by atoms with Gasteiger partial charge in [-0.15, -0.1) is 0 Å². The van der Waals surface area contributed by atoms with Crippen molar-refractivity contribution >= 4 is 17.5 Å². The first-order chi connectivity index (χ1) is 9.99. The molecule has 4 heteroatoms. The molecule has 0 aliphatic heterocycles. The highest BCUT2D eigenvalue weighted by Crippen LogP contribution is 2.20. The van der Waals surface area contributed by atoms with E-state index in [2.05, 4.69) is 5.16 Å². The van der Waals surface area contributed by atoms with Crippen LogP contribution in [0.5, 0.6) is 0 Å². The number of oxime groups is 1. The van der Waals surface area contributed by atoms with Crippen molar-refractivity contribution in [2.75, 3.05) is 0 Å². The highest BCUT2D eigenvalue weighted by Gasteiger charge is 2.19. The van der Waals surface area contributed by atoms with Crippen molar-refractivity contribution in [3.8, 4) is 0 Å². The molecule has 0 fully saturated rings. The molecule has 4 nitrogen and oxygen atoms in total. The summed E-state index contributed by atoms with van der Waals surface area (Å²) in [4.78, 5) is 28.6. The monoisotopic (exact) mass is 283 g/mol. The first kappa shape index (κ1) is 14.9. The predicted molar refractivity (Wildman–Crippen MR) is 81.0 cm³/mol. The Balaban J connectivity index is 2.21. The number of hydrogen-bond acceptors (Lipinski definition) is 4. The van der Waals surface area contributed by atoms with E-state index >= 15 is 0 Å². The molecule has 21 heavy (non-hydrogen) atoms. The van der Waals surface area contributed by atoms with Crippen LogP contribution in [-0.4, -0.2) is 17.5 Å². The second-order valence-corrected chi connectivity index (χ2v) is 5.17. The van der Waals surface area contributed by atoms with Crippen LogP contribution >= 0.6 is 0 Å². The van der Waals surface area contributed by atoms with Gasteiger partial charge in [-0.05, 0) is 48.3 Å². The number of nitrogens with zero attached hydrogens (tertiary/aromatic N) is 1. The fourth-order valence-corrected chi connectivity index (χ4v) is 1.95. The SMILES string of the molecule is CC1=C/C(=N\OC(=O)c2ccccc2)C(C(C)C)=CC1=O. The molecule has 0 saturated heterocycles. The summed E-state index contributed by atoms with van der Waals surface area (Å²) >= 11 is 0. The van der Waals surface area contributed by atoms with E-state index in [1.165, 1.54) is 0 Å². The van der Waals surface area contributed by atoms with Gasteiger partial charge in [0.2, 0.25) is 0 Å². The molecule has 1 aromatic carbocycles. The van der Waals surface area contributed by atoms with E-state index in [0.29, 0.717) is 16.8 Å². The van der Waals surface area contributed by atoms with Gasteiger partial charge in [-0.3, -0.25) is 4.79 Å². The summed E-state index contributed by atoms with van der Waals surface area (Å²) in [6.07, 6.45) is 3.20. The third kappa shape index (κ3) is 3.54. The van der Waals surface area contributed by atoms with Crippen LogP contribution in [0.25, 0.3) is 0 Å². The number of carbonyl (C=O) groups excluding carboxylic acids is 2. The van der Waals surface area contributed by atoms with Gasteiger partial charge in [0.05, 0.1) is 5.56 Å². The molecule has 0 amide bonds. The van der Waals surface area contributed by atoms with Crippen LogP contribution in [0.3, 0.4) is 0 Å². The van der Waals surface area contributed by atoms with Crippen LogP contribution in [0, 0.1) is 5.92 Å². The molecule has 0 aromatic heterocycles. The smallest absolute Gasteiger partial charge is 0.312 e. The first-order valence-electron chi connectivity index (χ1n) is 6.78. The standard InChI is InChI=1S/C17H17NO3/c1-11(2)14-10-16(19)12(3)9-15(14)18-21-17(20)13-7-5-4-6-8-13/h4-11H,1-3H3/b18-15+. The van der Waals surface area contributed by atoms with Crippen molar-refractivity contribution < 1.29 is 14.4 Å². The Morgan fingerprint density at radius 1 is 1.14 bits per heavy atom. The molecule has 2 rings (SSSR count).